The lowest BCUT2D eigenvalue weighted by atomic mass is 10.1. The molecule has 142 valence electrons. The Balaban J connectivity index is 1.69. The van der Waals surface area contributed by atoms with E-state index in [1.807, 2.05) is 38.2 Å². The van der Waals surface area contributed by atoms with E-state index in [4.69, 9.17) is 10.00 Å². The Morgan fingerprint density at radius 1 is 1.21 bits per heavy atom. The van der Waals surface area contributed by atoms with Crippen LogP contribution < -0.4 is 10.2 Å². The van der Waals surface area contributed by atoms with E-state index in [1.54, 1.807) is 6.07 Å². The van der Waals surface area contributed by atoms with Crippen molar-refractivity contribution in [2.75, 3.05) is 36.5 Å². The Labute approximate surface area is 164 Å². The zero-order chi connectivity index (χ0) is 19.5. The van der Waals surface area contributed by atoms with Crippen LogP contribution in [0.5, 0.6) is 0 Å². The van der Waals surface area contributed by atoms with Gasteiger partial charge in [0.05, 0.1) is 54.0 Å². The number of fused-ring (bicyclic) bond motifs is 1. The van der Waals surface area contributed by atoms with Gasteiger partial charge in [-0.2, -0.15) is 10.4 Å². The van der Waals surface area contributed by atoms with Gasteiger partial charge < -0.3 is 15.0 Å². The fourth-order valence-corrected chi connectivity index (χ4v) is 3.42. The summed E-state index contributed by atoms with van der Waals surface area (Å²) < 4.78 is 5.45. The number of morpholine rings is 1. The zero-order valence-corrected chi connectivity index (χ0v) is 16.0. The van der Waals surface area contributed by atoms with Gasteiger partial charge in [-0.3, -0.25) is 4.98 Å². The third-order valence-corrected chi connectivity index (χ3v) is 5.02. The third-order valence-electron chi connectivity index (χ3n) is 5.02. The number of nitrogens with zero attached hydrogens (tertiary/aromatic N) is 5. The second-order valence-corrected chi connectivity index (χ2v) is 6.93. The fraction of sp³-hybridized carbons (Fsp3) is 0.333. The summed E-state index contributed by atoms with van der Waals surface area (Å²) in [5.41, 5.74) is 4.36. The number of pyridine rings is 1. The molecule has 1 aromatic carbocycles. The Kier molecular flexibility index (Phi) is 5.04. The normalized spacial score (nSPS) is 15.2. The first-order valence-electron chi connectivity index (χ1n) is 9.38. The summed E-state index contributed by atoms with van der Waals surface area (Å²) in [6.45, 7) is 7.12. The highest BCUT2D eigenvalue weighted by molar-refractivity contribution is 5.92. The first kappa shape index (κ1) is 18.1. The molecule has 1 fully saturated rings. The average molecular weight is 374 g/mol. The molecule has 0 bridgehead atoms. The molecule has 0 amide bonds. The second-order valence-electron chi connectivity index (χ2n) is 6.93. The molecule has 3 aromatic rings. The van der Waals surface area contributed by atoms with Crippen molar-refractivity contribution in [3.63, 3.8) is 0 Å². The number of hydrogen-bond donors (Lipinski definition) is 1. The van der Waals surface area contributed by atoms with Crippen molar-refractivity contribution in [1.82, 2.24) is 15.2 Å². The number of benzene rings is 1. The molecule has 1 N–H and O–H groups in total. The number of ether oxygens (including phenoxy) is 1. The van der Waals surface area contributed by atoms with Gasteiger partial charge in [0.25, 0.3) is 0 Å². The monoisotopic (exact) mass is 374 g/mol. The number of anilines is 2. The molecule has 0 radical (unpaired) electrons. The summed E-state index contributed by atoms with van der Waals surface area (Å²) in [6, 6.07) is 11.9. The van der Waals surface area contributed by atoms with Crippen molar-refractivity contribution in [3.05, 3.63) is 53.3 Å². The number of aromatic nitrogens is 3. The standard InChI is InChI=1S/C21H22N6O/c1-14(17-5-3-4-16(10-17)12-22)24-21-19-11-18(27-6-8-28-9-7-27)13-23-20(19)15(2)25-26-21/h3-5,10-11,13-14H,6-9H2,1-2H3,(H,24,26)/t14-/m1/s1. The summed E-state index contributed by atoms with van der Waals surface area (Å²) >= 11 is 0. The van der Waals surface area contributed by atoms with E-state index in [0.29, 0.717) is 11.4 Å². The fourth-order valence-electron chi connectivity index (χ4n) is 3.42. The minimum absolute atomic E-state index is 0.0273. The molecule has 0 unspecified atom stereocenters. The van der Waals surface area contributed by atoms with Crippen LogP contribution in [0.3, 0.4) is 0 Å². The first-order valence-corrected chi connectivity index (χ1v) is 9.38. The van der Waals surface area contributed by atoms with Crippen molar-refractivity contribution in [2.24, 2.45) is 0 Å². The van der Waals surface area contributed by atoms with Crippen molar-refractivity contribution < 1.29 is 4.74 Å². The van der Waals surface area contributed by atoms with Gasteiger partial charge in [0.2, 0.25) is 0 Å². The first-order chi connectivity index (χ1) is 13.7. The summed E-state index contributed by atoms with van der Waals surface area (Å²) in [5.74, 6) is 0.693. The maximum Gasteiger partial charge on any atom is 0.158 e. The Bertz CT molecular complexity index is 1040. The predicted molar refractivity (Wildman–Crippen MR) is 108 cm³/mol. The van der Waals surface area contributed by atoms with Crippen LogP contribution in [0.25, 0.3) is 10.9 Å². The lowest BCUT2D eigenvalue weighted by molar-refractivity contribution is 0.122. The molecule has 2 aromatic heterocycles. The highest BCUT2D eigenvalue weighted by atomic mass is 16.5. The van der Waals surface area contributed by atoms with Gasteiger partial charge in [-0.1, -0.05) is 12.1 Å². The summed E-state index contributed by atoms with van der Waals surface area (Å²) in [4.78, 5) is 6.93. The predicted octanol–water partition coefficient (Wildman–Crippen LogP) is 3.21. The molecule has 1 atom stereocenters. The maximum absolute atomic E-state index is 9.15. The minimum atomic E-state index is -0.0273. The van der Waals surface area contributed by atoms with Crippen molar-refractivity contribution in [2.45, 2.75) is 19.9 Å². The van der Waals surface area contributed by atoms with Crippen LogP contribution in [0.15, 0.2) is 36.5 Å². The SMILES string of the molecule is Cc1nnc(N[C@H](C)c2cccc(C#N)c2)c2cc(N3CCOCC3)cnc12. The molecule has 0 saturated carbocycles. The highest BCUT2D eigenvalue weighted by Gasteiger charge is 2.16. The molecule has 1 aliphatic rings. The van der Waals surface area contributed by atoms with Crippen LogP contribution >= 0.6 is 0 Å². The van der Waals surface area contributed by atoms with Gasteiger partial charge in [0, 0.05) is 18.5 Å². The summed E-state index contributed by atoms with van der Waals surface area (Å²) in [5, 5.41) is 22.2. The van der Waals surface area contributed by atoms with E-state index >= 15 is 0 Å². The molecule has 28 heavy (non-hydrogen) atoms. The number of nitrogens with one attached hydrogen (secondary N) is 1. The largest absolute Gasteiger partial charge is 0.378 e. The Hall–Kier alpha value is -3.24. The summed E-state index contributed by atoms with van der Waals surface area (Å²) in [7, 11) is 0. The van der Waals surface area contributed by atoms with Gasteiger partial charge in [-0.15, -0.1) is 5.10 Å². The molecule has 1 aliphatic heterocycles. The van der Waals surface area contributed by atoms with Crippen LogP contribution in [-0.2, 0) is 4.74 Å². The van der Waals surface area contributed by atoms with Crippen LogP contribution in [-0.4, -0.2) is 41.5 Å². The molecule has 0 spiro atoms. The van der Waals surface area contributed by atoms with Crippen LogP contribution in [0.4, 0.5) is 11.5 Å². The smallest absolute Gasteiger partial charge is 0.158 e. The van der Waals surface area contributed by atoms with E-state index in [-0.39, 0.29) is 6.04 Å². The van der Waals surface area contributed by atoms with E-state index in [2.05, 4.69) is 37.5 Å². The molecule has 3 heterocycles. The quantitative estimate of drug-likeness (QED) is 0.750. The molecule has 0 aliphatic carbocycles. The number of hydrogen-bond acceptors (Lipinski definition) is 7. The average Bonchev–Trinajstić information content (AvgIpc) is 2.76. The van der Waals surface area contributed by atoms with Gasteiger partial charge in [-0.25, -0.2) is 0 Å². The van der Waals surface area contributed by atoms with Crippen LogP contribution in [0.2, 0.25) is 0 Å². The van der Waals surface area contributed by atoms with E-state index in [0.717, 1.165) is 54.2 Å². The van der Waals surface area contributed by atoms with Crippen LogP contribution in [0, 0.1) is 18.3 Å². The van der Waals surface area contributed by atoms with E-state index in [9.17, 15) is 0 Å². The van der Waals surface area contributed by atoms with Crippen LogP contribution in [0.1, 0.15) is 29.8 Å². The van der Waals surface area contributed by atoms with Gasteiger partial charge >= 0.3 is 0 Å². The Morgan fingerprint density at radius 2 is 2.04 bits per heavy atom. The second kappa shape index (κ2) is 7.79. The molecule has 4 rings (SSSR count). The van der Waals surface area contributed by atoms with Gasteiger partial charge in [-0.05, 0) is 37.6 Å². The van der Waals surface area contributed by atoms with Crippen molar-refractivity contribution in [1.29, 1.82) is 5.26 Å². The lowest BCUT2D eigenvalue weighted by Gasteiger charge is -2.28. The minimum Gasteiger partial charge on any atom is -0.378 e. The highest BCUT2D eigenvalue weighted by Crippen LogP contribution is 2.29. The van der Waals surface area contributed by atoms with Crippen molar-refractivity contribution in [3.8, 4) is 6.07 Å². The topological polar surface area (TPSA) is 87.0 Å². The van der Waals surface area contributed by atoms with Crippen molar-refractivity contribution >= 4 is 22.4 Å². The number of aryl methyl sites for hydroxylation is 1. The Morgan fingerprint density at radius 3 is 2.82 bits per heavy atom. The molecule has 1 saturated heterocycles. The lowest BCUT2D eigenvalue weighted by Crippen LogP contribution is -2.36. The number of rotatable bonds is 4. The molecular weight excluding hydrogens is 352 g/mol. The maximum atomic E-state index is 9.15. The van der Waals surface area contributed by atoms with Gasteiger partial charge in [0.15, 0.2) is 5.82 Å². The molecule has 7 heteroatoms. The molecule has 7 nitrogen and oxygen atoms in total. The van der Waals surface area contributed by atoms with E-state index < -0.39 is 0 Å². The third kappa shape index (κ3) is 3.59. The number of nitriles is 1. The van der Waals surface area contributed by atoms with E-state index in [1.165, 1.54) is 0 Å². The molecular formula is C21H22N6O. The van der Waals surface area contributed by atoms with Gasteiger partial charge in [0.1, 0.15) is 0 Å². The summed E-state index contributed by atoms with van der Waals surface area (Å²) in [6.07, 6.45) is 1.89. The zero-order valence-electron chi connectivity index (χ0n) is 16.0.